The first-order valence-electron chi connectivity index (χ1n) is 8.97. The van der Waals surface area contributed by atoms with Gasteiger partial charge >= 0.3 is 0 Å². The number of nitrogens with two attached hydrogens (primary N) is 1. The van der Waals surface area contributed by atoms with Crippen LogP contribution in [0.3, 0.4) is 0 Å². The largest absolute Gasteiger partial charge is 0.368 e. The van der Waals surface area contributed by atoms with Gasteiger partial charge in [-0.05, 0) is 24.5 Å². The van der Waals surface area contributed by atoms with Gasteiger partial charge in [0, 0.05) is 25.2 Å². The quantitative estimate of drug-likeness (QED) is 0.796. The molecule has 3 amide bonds. The summed E-state index contributed by atoms with van der Waals surface area (Å²) in [6.07, 6.45) is 4.13. The van der Waals surface area contributed by atoms with E-state index in [1.165, 1.54) is 4.90 Å². The molecule has 2 heterocycles. The number of anilines is 1. The lowest BCUT2D eigenvalue weighted by Gasteiger charge is -2.24. The molecule has 0 unspecified atom stereocenters. The molecule has 3 rings (SSSR count). The van der Waals surface area contributed by atoms with Crippen molar-refractivity contribution in [3.63, 3.8) is 0 Å². The van der Waals surface area contributed by atoms with Crippen LogP contribution in [0.25, 0.3) is 0 Å². The number of carbonyl (C=O) groups is 3. The van der Waals surface area contributed by atoms with Gasteiger partial charge in [0.15, 0.2) is 0 Å². The zero-order chi connectivity index (χ0) is 18.0. The number of rotatable bonds is 6. The number of fused-ring (bicyclic) bond motifs is 2. The van der Waals surface area contributed by atoms with Crippen LogP contribution in [-0.2, 0) is 19.8 Å². The van der Waals surface area contributed by atoms with Gasteiger partial charge in [-0.1, -0.05) is 38.0 Å². The Bertz CT molecular complexity index is 703. The number of nitrogens with zero attached hydrogens (tertiary/aromatic N) is 2. The maximum Gasteiger partial charge on any atom is 0.240 e. The number of unbranched alkanes of at least 4 members (excludes halogenated alkanes) is 2. The van der Waals surface area contributed by atoms with Crippen molar-refractivity contribution in [3.8, 4) is 0 Å². The zero-order valence-electron chi connectivity index (χ0n) is 14.7. The third-order valence-electron chi connectivity index (χ3n) is 5.30. The van der Waals surface area contributed by atoms with Crippen LogP contribution in [0.5, 0.6) is 0 Å². The summed E-state index contributed by atoms with van der Waals surface area (Å²) in [6, 6.07) is 7.52. The van der Waals surface area contributed by atoms with Crippen molar-refractivity contribution < 1.29 is 14.4 Å². The van der Waals surface area contributed by atoms with Crippen molar-refractivity contribution in [2.45, 2.75) is 44.4 Å². The van der Waals surface area contributed by atoms with E-state index in [-0.39, 0.29) is 18.4 Å². The molecule has 1 aromatic carbocycles. The Labute approximate surface area is 148 Å². The van der Waals surface area contributed by atoms with Gasteiger partial charge in [0.1, 0.15) is 6.54 Å². The second kappa shape index (κ2) is 6.86. The molecule has 0 aliphatic carbocycles. The van der Waals surface area contributed by atoms with Crippen molar-refractivity contribution in [1.29, 1.82) is 0 Å². The summed E-state index contributed by atoms with van der Waals surface area (Å²) in [5.41, 5.74) is 6.24. The molecule has 134 valence electrons. The molecule has 1 fully saturated rings. The fraction of sp³-hybridized carbons (Fsp3) is 0.526. The van der Waals surface area contributed by atoms with Crippen LogP contribution in [0.15, 0.2) is 24.3 Å². The summed E-state index contributed by atoms with van der Waals surface area (Å²) in [4.78, 5) is 40.3. The molecule has 25 heavy (non-hydrogen) atoms. The van der Waals surface area contributed by atoms with Crippen molar-refractivity contribution in [2.24, 2.45) is 5.73 Å². The van der Waals surface area contributed by atoms with Crippen LogP contribution in [0.4, 0.5) is 5.69 Å². The summed E-state index contributed by atoms with van der Waals surface area (Å²) >= 11 is 0. The van der Waals surface area contributed by atoms with Gasteiger partial charge in [0.05, 0.1) is 5.41 Å². The summed E-state index contributed by atoms with van der Waals surface area (Å²) in [5, 5.41) is 0. The Kier molecular flexibility index (Phi) is 4.79. The predicted molar refractivity (Wildman–Crippen MR) is 95.0 cm³/mol. The van der Waals surface area contributed by atoms with Gasteiger partial charge in [-0.15, -0.1) is 0 Å². The molecule has 1 atom stereocenters. The first-order valence-corrected chi connectivity index (χ1v) is 8.97. The number of hydrogen-bond donors (Lipinski definition) is 1. The fourth-order valence-corrected chi connectivity index (χ4v) is 4.01. The Morgan fingerprint density at radius 2 is 2.00 bits per heavy atom. The summed E-state index contributed by atoms with van der Waals surface area (Å²) in [6.45, 7) is 2.96. The monoisotopic (exact) mass is 343 g/mol. The smallest absolute Gasteiger partial charge is 0.240 e. The number of amides is 3. The topological polar surface area (TPSA) is 83.7 Å². The van der Waals surface area contributed by atoms with Gasteiger partial charge in [-0.3, -0.25) is 14.4 Å². The lowest BCUT2D eigenvalue weighted by molar-refractivity contribution is -0.131. The molecule has 2 N–H and O–H groups in total. The molecule has 0 aromatic heterocycles. The Balaban J connectivity index is 1.83. The molecule has 1 aromatic rings. The number of hydrogen-bond acceptors (Lipinski definition) is 3. The van der Waals surface area contributed by atoms with Crippen LogP contribution in [-0.4, -0.2) is 42.3 Å². The van der Waals surface area contributed by atoms with Gasteiger partial charge in [-0.2, -0.15) is 0 Å². The molecule has 6 heteroatoms. The molecule has 0 bridgehead atoms. The lowest BCUT2D eigenvalue weighted by atomic mass is 9.81. The van der Waals surface area contributed by atoms with E-state index >= 15 is 0 Å². The molecule has 0 radical (unpaired) electrons. The Hall–Kier alpha value is -2.37. The molecule has 6 nitrogen and oxygen atoms in total. The number of likely N-dealkylation sites (tertiary alicyclic amines) is 1. The Morgan fingerprint density at radius 3 is 2.72 bits per heavy atom. The van der Waals surface area contributed by atoms with E-state index in [1.807, 2.05) is 24.3 Å². The third kappa shape index (κ3) is 3.01. The zero-order valence-corrected chi connectivity index (χ0v) is 14.7. The number of carbonyl (C=O) groups excluding carboxylic acids is 3. The van der Waals surface area contributed by atoms with E-state index in [4.69, 9.17) is 5.73 Å². The average molecular weight is 343 g/mol. The molecular formula is C19H25N3O3. The lowest BCUT2D eigenvalue weighted by Crippen LogP contribution is -2.45. The van der Waals surface area contributed by atoms with E-state index in [9.17, 15) is 14.4 Å². The maximum absolute atomic E-state index is 13.1. The molecule has 0 saturated carbocycles. The number of benzene rings is 1. The minimum absolute atomic E-state index is 0.114. The van der Waals surface area contributed by atoms with Gasteiger partial charge < -0.3 is 15.5 Å². The highest BCUT2D eigenvalue weighted by molar-refractivity contribution is 6.11. The second-order valence-electron chi connectivity index (χ2n) is 6.98. The maximum atomic E-state index is 13.1. The van der Waals surface area contributed by atoms with E-state index < -0.39 is 11.3 Å². The minimum Gasteiger partial charge on any atom is -0.368 e. The van der Waals surface area contributed by atoms with Gasteiger partial charge in [0.25, 0.3) is 0 Å². The first kappa shape index (κ1) is 17.5. The standard InChI is InChI=1S/C19H25N3O3/c1-2-3-4-9-17(24)21-11-10-19(13-21)14-7-5-6-8-15(14)22(18(19)25)12-16(20)23/h5-8H,2-4,9-13H2,1H3,(H2,20,23)/t19-/m0/s1. The number of primary amides is 1. The van der Waals surface area contributed by atoms with E-state index in [2.05, 4.69) is 6.92 Å². The predicted octanol–water partition coefficient (Wildman–Crippen LogP) is 1.57. The van der Waals surface area contributed by atoms with Gasteiger partial charge in [0.2, 0.25) is 17.7 Å². The highest BCUT2D eigenvalue weighted by atomic mass is 16.2. The van der Waals surface area contributed by atoms with Crippen LogP contribution in [0.1, 0.15) is 44.6 Å². The summed E-state index contributed by atoms with van der Waals surface area (Å²) in [7, 11) is 0. The SMILES string of the molecule is CCCCCC(=O)N1CC[C@@]2(C1)C(=O)N(CC(N)=O)c1ccccc12. The second-order valence-corrected chi connectivity index (χ2v) is 6.98. The Morgan fingerprint density at radius 1 is 1.24 bits per heavy atom. The van der Waals surface area contributed by atoms with Crippen LogP contribution in [0, 0.1) is 0 Å². The van der Waals surface area contributed by atoms with Crippen LogP contribution >= 0.6 is 0 Å². The average Bonchev–Trinajstić information content (AvgIpc) is 3.13. The van der Waals surface area contributed by atoms with E-state index in [0.29, 0.717) is 25.9 Å². The minimum atomic E-state index is -0.730. The molecule has 1 spiro atoms. The normalized spacial score (nSPS) is 21.9. The fourth-order valence-electron chi connectivity index (χ4n) is 4.01. The highest BCUT2D eigenvalue weighted by Gasteiger charge is 2.55. The summed E-state index contributed by atoms with van der Waals surface area (Å²) < 4.78 is 0. The third-order valence-corrected chi connectivity index (χ3v) is 5.30. The van der Waals surface area contributed by atoms with Crippen molar-refractivity contribution in [2.75, 3.05) is 24.5 Å². The highest BCUT2D eigenvalue weighted by Crippen LogP contribution is 2.47. The van der Waals surface area contributed by atoms with Crippen molar-refractivity contribution >= 4 is 23.4 Å². The van der Waals surface area contributed by atoms with Crippen molar-refractivity contribution in [1.82, 2.24) is 4.90 Å². The molecule has 2 aliphatic rings. The van der Waals surface area contributed by atoms with Crippen LogP contribution < -0.4 is 10.6 Å². The van der Waals surface area contributed by atoms with E-state index in [1.54, 1.807) is 4.90 Å². The van der Waals surface area contributed by atoms with E-state index in [0.717, 1.165) is 30.5 Å². The molecular weight excluding hydrogens is 318 g/mol. The molecule has 1 saturated heterocycles. The van der Waals surface area contributed by atoms with Gasteiger partial charge in [-0.25, -0.2) is 0 Å². The molecule has 2 aliphatic heterocycles. The van der Waals surface area contributed by atoms with Crippen LogP contribution in [0.2, 0.25) is 0 Å². The number of para-hydroxylation sites is 1. The first-order chi connectivity index (χ1) is 12.0. The van der Waals surface area contributed by atoms with Crippen molar-refractivity contribution in [3.05, 3.63) is 29.8 Å². The summed E-state index contributed by atoms with van der Waals surface area (Å²) in [5.74, 6) is -0.536.